The van der Waals surface area contributed by atoms with E-state index >= 15 is 0 Å². The standard InChI is InChI=1S/C9H7N.C8H10N2O2/c1-2-6-9-8(4-1)5-3-7-10-9;11-10(12)7-2-1-6-3-4-9-8(6)5-7/h1-7H;2,5-6,9H,1,3-4H2. The van der Waals surface area contributed by atoms with Crippen LogP contribution in [-0.4, -0.2) is 16.5 Å². The summed E-state index contributed by atoms with van der Waals surface area (Å²) in [5, 5.41) is 14.8. The summed E-state index contributed by atoms with van der Waals surface area (Å²) in [5.74, 6) is 0.508. The molecule has 0 amide bonds. The molecule has 1 N–H and O–H groups in total. The SMILES string of the molecule is O=[N+]([O-])C1=CCC2CCNC2=C1.c1ccc2ncccc2c1. The number of nitro groups is 1. The number of fused-ring (bicyclic) bond motifs is 2. The Balaban J connectivity index is 0.000000133. The number of hydrogen-bond acceptors (Lipinski definition) is 4. The summed E-state index contributed by atoms with van der Waals surface area (Å²) >= 11 is 0. The van der Waals surface area contributed by atoms with Gasteiger partial charge in [-0.15, -0.1) is 0 Å². The van der Waals surface area contributed by atoms with Crippen LogP contribution in [0.1, 0.15) is 12.8 Å². The number of hydrogen-bond donors (Lipinski definition) is 1. The van der Waals surface area contributed by atoms with Gasteiger partial charge in [-0.05, 0) is 31.1 Å². The second kappa shape index (κ2) is 6.39. The Morgan fingerprint density at radius 1 is 1.23 bits per heavy atom. The monoisotopic (exact) mass is 295 g/mol. The predicted octanol–water partition coefficient (Wildman–Crippen LogP) is 3.28. The van der Waals surface area contributed by atoms with Crippen LogP contribution < -0.4 is 5.32 Å². The normalized spacial score (nSPS) is 19.2. The zero-order chi connectivity index (χ0) is 15.4. The molecule has 1 atom stereocenters. The first kappa shape index (κ1) is 14.3. The molecule has 112 valence electrons. The second-order valence-corrected chi connectivity index (χ2v) is 5.33. The van der Waals surface area contributed by atoms with Crippen LogP contribution in [0.4, 0.5) is 0 Å². The minimum Gasteiger partial charge on any atom is -0.388 e. The van der Waals surface area contributed by atoms with Gasteiger partial charge in [-0.25, -0.2) is 0 Å². The Bertz CT molecular complexity index is 687. The van der Waals surface area contributed by atoms with Gasteiger partial charge < -0.3 is 5.32 Å². The van der Waals surface area contributed by atoms with Crippen LogP contribution >= 0.6 is 0 Å². The van der Waals surface area contributed by atoms with Gasteiger partial charge in [-0.1, -0.05) is 24.3 Å². The van der Waals surface area contributed by atoms with E-state index < -0.39 is 0 Å². The fourth-order valence-corrected chi connectivity index (χ4v) is 2.73. The van der Waals surface area contributed by atoms with E-state index in [1.54, 1.807) is 12.2 Å². The lowest BCUT2D eigenvalue weighted by molar-refractivity contribution is -0.419. The zero-order valence-electron chi connectivity index (χ0n) is 12.1. The van der Waals surface area contributed by atoms with E-state index in [0.717, 1.165) is 30.6 Å². The number of rotatable bonds is 1. The van der Waals surface area contributed by atoms with Gasteiger partial charge in [0.2, 0.25) is 0 Å². The Hall–Kier alpha value is -2.69. The molecule has 0 spiro atoms. The van der Waals surface area contributed by atoms with Gasteiger partial charge >= 0.3 is 0 Å². The molecule has 5 nitrogen and oxygen atoms in total. The molecule has 0 saturated carbocycles. The molecule has 5 heteroatoms. The average Bonchev–Trinajstić information content (AvgIpc) is 3.03. The van der Waals surface area contributed by atoms with E-state index in [0.29, 0.717) is 5.92 Å². The van der Waals surface area contributed by atoms with Crippen molar-refractivity contribution in [2.24, 2.45) is 5.92 Å². The Morgan fingerprint density at radius 3 is 2.86 bits per heavy atom. The largest absolute Gasteiger partial charge is 0.388 e. The highest BCUT2D eigenvalue weighted by atomic mass is 16.6. The molecule has 0 radical (unpaired) electrons. The van der Waals surface area contributed by atoms with Gasteiger partial charge in [0.15, 0.2) is 0 Å². The van der Waals surface area contributed by atoms with Crippen molar-refractivity contribution < 1.29 is 4.92 Å². The second-order valence-electron chi connectivity index (χ2n) is 5.33. The Morgan fingerprint density at radius 2 is 2.05 bits per heavy atom. The molecule has 2 aliphatic rings. The lowest BCUT2D eigenvalue weighted by atomic mass is 9.96. The molecule has 2 aromatic rings. The molecule has 1 aromatic carbocycles. The minimum absolute atomic E-state index is 0.232. The first-order valence-corrected chi connectivity index (χ1v) is 7.34. The Labute approximate surface area is 128 Å². The van der Waals surface area contributed by atoms with Crippen molar-refractivity contribution in [1.29, 1.82) is 0 Å². The molecule has 22 heavy (non-hydrogen) atoms. The molecule has 1 aliphatic carbocycles. The van der Waals surface area contributed by atoms with Crippen LogP contribution in [0.15, 0.2) is 66.1 Å². The first-order chi connectivity index (χ1) is 10.7. The summed E-state index contributed by atoms with van der Waals surface area (Å²) in [4.78, 5) is 14.3. The highest BCUT2D eigenvalue weighted by Gasteiger charge is 2.26. The summed E-state index contributed by atoms with van der Waals surface area (Å²) in [7, 11) is 0. The van der Waals surface area contributed by atoms with E-state index in [1.165, 1.54) is 5.39 Å². The van der Waals surface area contributed by atoms with E-state index in [-0.39, 0.29) is 10.6 Å². The van der Waals surface area contributed by atoms with Gasteiger partial charge in [0, 0.05) is 35.8 Å². The predicted molar refractivity (Wildman–Crippen MR) is 85.6 cm³/mol. The van der Waals surface area contributed by atoms with Gasteiger partial charge in [-0.2, -0.15) is 0 Å². The van der Waals surface area contributed by atoms with Crippen LogP contribution in [0.3, 0.4) is 0 Å². The Kier molecular flexibility index (Phi) is 4.14. The van der Waals surface area contributed by atoms with Crippen molar-refractivity contribution >= 4 is 10.9 Å². The van der Waals surface area contributed by atoms with Crippen LogP contribution in [0.5, 0.6) is 0 Å². The number of benzene rings is 1. The minimum atomic E-state index is -0.330. The van der Waals surface area contributed by atoms with Gasteiger partial charge in [0.05, 0.1) is 10.4 Å². The number of para-hydroxylation sites is 1. The third-order valence-corrected chi connectivity index (χ3v) is 3.90. The van der Waals surface area contributed by atoms with Crippen LogP contribution in [0.25, 0.3) is 10.9 Å². The van der Waals surface area contributed by atoms with E-state index in [4.69, 9.17) is 0 Å². The summed E-state index contributed by atoms with van der Waals surface area (Å²) in [6.45, 7) is 0.954. The average molecular weight is 295 g/mol. The van der Waals surface area contributed by atoms with Crippen molar-refractivity contribution in [2.45, 2.75) is 12.8 Å². The molecule has 1 fully saturated rings. The topological polar surface area (TPSA) is 68.1 Å². The quantitative estimate of drug-likeness (QED) is 0.647. The molecular formula is C17H17N3O2. The molecule has 2 heterocycles. The summed E-state index contributed by atoms with van der Waals surface area (Å²) < 4.78 is 0. The maximum atomic E-state index is 10.4. The number of pyridine rings is 1. The maximum absolute atomic E-state index is 10.4. The van der Waals surface area contributed by atoms with E-state index in [1.807, 2.05) is 30.5 Å². The van der Waals surface area contributed by atoms with E-state index in [9.17, 15) is 10.1 Å². The van der Waals surface area contributed by atoms with Gasteiger partial charge in [-0.3, -0.25) is 15.1 Å². The fourth-order valence-electron chi connectivity index (χ4n) is 2.73. The lowest BCUT2D eigenvalue weighted by Gasteiger charge is -2.11. The number of nitrogens with zero attached hydrogens (tertiary/aromatic N) is 2. The molecule has 1 unspecified atom stereocenters. The fraction of sp³-hybridized carbons (Fsp3) is 0.235. The van der Waals surface area contributed by atoms with Crippen molar-refractivity contribution in [1.82, 2.24) is 10.3 Å². The van der Waals surface area contributed by atoms with Crippen molar-refractivity contribution in [3.63, 3.8) is 0 Å². The number of allylic oxidation sites excluding steroid dienone is 3. The van der Waals surface area contributed by atoms with E-state index in [2.05, 4.69) is 22.4 Å². The first-order valence-electron chi connectivity index (χ1n) is 7.34. The van der Waals surface area contributed by atoms with Crippen molar-refractivity contribution in [2.75, 3.05) is 6.54 Å². The van der Waals surface area contributed by atoms with Gasteiger partial charge in [0.1, 0.15) is 0 Å². The summed E-state index contributed by atoms with van der Waals surface area (Å²) in [6.07, 6.45) is 7.09. The molecule has 1 saturated heterocycles. The number of aromatic nitrogens is 1. The summed E-state index contributed by atoms with van der Waals surface area (Å²) in [6, 6.07) is 12.1. The highest BCUT2D eigenvalue weighted by Crippen LogP contribution is 2.28. The smallest absolute Gasteiger partial charge is 0.267 e. The lowest BCUT2D eigenvalue weighted by Crippen LogP contribution is -2.12. The summed E-state index contributed by atoms with van der Waals surface area (Å²) in [5.41, 5.74) is 2.34. The molecular weight excluding hydrogens is 278 g/mol. The highest BCUT2D eigenvalue weighted by molar-refractivity contribution is 5.77. The van der Waals surface area contributed by atoms with Crippen LogP contribution in [-0.2, 0) is 0 Å². The molecule has 1 aliphatic heterocycles. The zero-order valence-corrected chi connectivity index (χ0v) is 12.1. The van der Waals surface area contributed by atoms with Crippen molar-refractivity contribution in [3.05, 3.63) is 76.3 Å². The van der Waals surface area contributed by atoms with Crippen molar-refractivity contribution in [3.8, 4) is 0 Å². The molecule has 4 rings (SSSR count). The molecule has 1 aromatic heterocycles. The third kappa shape index (κ3) is 3.14. The third-order valence-electron chi connectivity index (χ3n) is 3.90. The molecule has 0 bridgehead atoms. The van der Waals surface area contributed by atoms with Gasteiger partial charge in [0.25, 0.3) is 5.70 Å². The maximum Gasteiger partial charge on any atom is 0.267 e. The van der Waals surface area contributed by atoms with Crippen LogP contribution in [0, 0.1) is 16.0 Å². The van der Waals surface area contributed by atoms with Crippen LogP contribution in [0.2, 0.25) is 0 Å². The number of nitrogens with one attached hydrogen (secondary N) is 1.